The van der Waals surface area contributed by atoms with Gasteiger partial charge in [0.15, 0.2) is 0 Å². The first kappa shape index (κ1) is 12.0. The lowest BCUT2D eigenvalue weighted by atomic mass is 9.95. The summed E-state index contributed by atoms with van der Waals surface area (Å²) in [6.45, 7) is 0.193. The molecule has 0 aliphatic carbocycles. The normalized spacial score (nSPS) is 12.8. The third kappa shape index (κ3) is 3.60. The fourth-order valence-electron chi connectivity index (χ4n) is 1.42. The summed E-state index contributed by atoms with van der Waals surface area (Å²) in [5, 5.41) is 9.22. The van der Waals surface area contributed by atoms with Crippen molar-refractivity contribution in [3.05, 3.63) is 34.3 Å². The van der Waals surface area contributed by atoms with Gasteiger partial charge in [-0.2, -0.15) is 0 Å². The van der Waals surface area contributed by atoms with Crippen molar-refractivity contribution >= 4 is 27.5 Å². The Bertz CT molecular complexity index is 260. The van der Waals surface area contributed by atoms with Crippen LogP contribution in [0.5, 0.6) is 0 Å². The molecule has 0 bridgehead atoms. The van der Waals surface area contributed by atoms with E-state index < -0.39 is 0 Å². The third-order valence-corrected chi connectivity index (χ3v) is 3.04. The second-order valence-corrected chi connectivity index (χ2v) is 4.56. The molecule has 0 aromatic heterocycles. The molecule has 1 aromatic carbocycles. The van der Waals surface area contributed by atoms with Gasteiger partial charge in [-0.15, -0.1) is 11.6 Å². The Morgan fingerprint density at radius 2 is 1.93 bits per heavy atom. The number of benzene rings is 1. The van der Waals surface area contributed by atoms with Crippen LogP contribution >= 0.6 is 27.5 Å². The lowest BCUT2D eigenvalue weighted by molar-refractivity contribution is 0.258. The quantitative estimate of drug-likeness (QED) is 0.816. The average molecular weight is 278 g/mol. The Morgan fingerprint density at radius 3 is 2.43 bits per heavy atom. The van der Waals surface area contributed by atoms with Crippen LogP contribution in [0, 0.1) is 0 Å². The van der Waals surface area contributed by atoms with Crippen LogP contribution in [0.3, 0.4) is 0 Å². The first-order chi connectivity index (χ1) is 6.77. The van der Waals surface area contributed by atoms with E-state index in [9.17, 15) is 5.11 Å². The van der Waals surface area contributed by atoms with Crippen molar-refractivity contribution in [3.63, 3.8) is 0 Å². The molecule has 0 saturated carbocycles. The number of halogens is 2. The van der Waals surface area contributed by atoms with Crippen molar-refractivity contribution in [2.75, 3.05) is 12.5 Å². The maximum absolute atomic E-state index is 9.22. The van der Waals surface area contributed by atoms with E-state index in [1.165, 1.54) is 5.56 Å². The standard InChI is InChI=1S/C11H14BrClO/c12-11-5-3-9(4-6-11)10(8-14)2-1-7-13/h3-6,10,14H,1-2,7-8H2. The largest absolute Gasteiger partial charge is 0.396 e. The highest BCUT2D eigenvalue weighted by atomic mass is 79.9. The molecular weight excluding hydrogens is 263 g/mol. The number of aliphatic hydroxyl groups excluding tert-OH is 1. The molecule has 1 aromatic rings. The van der Waals surface area contributed by atoms with Crippen LogP contribution in [0.25, 0.3) is 0 Å². The molecule has 1 N–H and O–H groups in total. The van der Waals surface area contributed by atoms with Gasteiger partial charge in [0.1, 0.15) is 0 Å². The van der Waals surface area contributed by atoms with Crippen LogP contribution < -0.4 is 0 Å². The molecule has 14 heavy (non-hydrogen) atoms. The molecule has 1 atom stereocenters. The van der Waals surface area contributed by atoms with E-state index in [0.717, 1.165) is 17.3 Å². The summed E-state index contributed by atoms with van der Waals surface area (Å²) in [5.74, 6) is 0.884. The van der Waals surface area contributed by atoms with E-state index in [-0.39, 0.29) is 12.5 Å². The van der Waals surface area contributed by atoms with Crippen LogP contribution in [0.4, 0.5) is 0 Å². The molecule has 1 nitrogen and oxygen atoms in total. The van der Waals surface area contributed by atoms with Gasteiger partial charge in [-0.05, 0) is 30.5 Å². The van der Waals surface area contributed by atoms with Gasteiger partial charge in [-0.3, -0.25) is 0 Å². The summed E-state index contributed by atoms with van der Waals surface area (Å²) < 4.78 is 1.07. The van der Waals surface area contributed by atoms with E-state index in [2.05, 4.69) is 15.9 Å². The highest BCUT2D eigenvalue weighted by molar-refractivity contribution is 9.10. The zero-order chi connectivity index (χ0) is 10.4. The van der Waals surface area contributed by atoms with Crippen LogP contribution in [-0.4, -0.2) is 17.6 Å². The smallest absolute Gasteiger partial charge is 0.0499 e. The SMILES string of the molecule is OCC(CCCCl)c1ccc(Br)cc1. The molecule has 0 amide bonds. The van der Waals surface area contributed by atoms with E-state index in [4.69, 9.17) is 11.6 Å². The van der Waals surface area contributed by atoms with Gasteiger partial charge in [0.2, 0.25) is 0 Å². The number of rotatable bonds is 5. The topological polar surface area (TPSA) is 20.2 Å². The summed E-state index contributed by atoms with van der Waals surface area (Å²) in [6, 6.07) is 8.08. The summed E-state index contributed by atoms with van der Waals surface area (Å²) in [6.07, 6.45) is 1.89. The van der Waals surface area contributed by atoms with E-state index in [0.29, 0.717) is 5.88 Å². The van der Waals surface area contributed by atoms with Gasteiger partial charge in [0, 0.05) is 22.9 Å². The maximum Gasteiger partial charge on any atom is 0.0499 e. The second-order valence-electron chi connectivity index (χ2n) is 3.26. The molecular formula is C11H14BrClO. The summed E-state index contributed by atoms with van der Waals surface area (Å²) in [5.41, 5.74) is 1.18. The van der Waals surface area contributed by atoms with Gasteiger partial charge in [-0.1, -0.05) is 28.1 Å². The minimum absolute atomic E-state index is 0.193. The van der Waals surface area contributed by atoms with Crippen molar-refractivity contribution in [2.45, 2.75) is 18.8 Å². The minimum Gasteiger partial charge on any atom is -0.396 e. The van der Waals surface area contributed by atoms with Gasteiger partial charge in [0.05, 0.1) is 0 Å². The fraction of sp³-hybridized carbons (Fsp3) is 0.455. The maximum atomic E-state index is 9.22. The molecule has 78 valence electrons. The molecule has 1 unspecified atom stereocenters. The van der Waals surface area contributed by atoms with Crippen molar-refractivity contribution in [2.24, 2.45) is 0 Å². The molecule has 1 rings (SSSR count). The minimum atomic E-state index is 0.193. The van der Waals surface area contributed by atoms with Crippen LogP contribution in [0.1, 0.15) is 24.3 Å². The molecule has 3 heteroatoms. The van der Waals surface area contributed by atoms with Crippen LogP contribution in [0.15, 0.2) is 28.7 Å². The highest BCUT2D eigenvalue weighted by Crippen LogP contribution is 2.22. The first-order valence-electron chi connectivity index (χ1n) is 4.70. The Balaban J connectivity index is 2.64. The lowest BCUT2D eigenvalue weighted by Gasteiger charge is -2.13. The van der Waals surface area contributed by atoms with Crippen LogP contribution in [-0.2, 0) is 0 Å². The van der Waals surface area contributed by atoms with E-state index in [1.807, 2.05) is 24.3 Å². The summed E-state index contributed by atoms with van der Waals surface area (Å²) >= 11 is 9.01. The van der Waals surface area contributed by atoms with Gasteiger partial charge >= 0.3 is 0 Å². The van der Waals surface area contributed by atoms with Crippen LogP contribution in [0.2, 0.25) is 0 Å². The molecule has 0 fully saturated rings. The molecule has 0 aliphatic heterocycles. The monoisotopic (exact) mass is 276 g/mol. The Hall–Kier alpha value is -0.0500. The lowest BCUT2D eigenvalue weighted by Crippen LogP contribution is -2.04. The Kier molecular flexibility index (Phi) is 5.53. The number of hydrogen-bond acceptors (Lipinski definition) is 1. The highest BCUT2D eigenvalue weighted by Gasteiger charge is 2.09. The summed E-state index contributed by atoms with van der Waals surface area (Å²) in [7, 11) is 0. The third-order valence-electron chi connectivity index (χ3n) is 2.25. The molecule has 0 heterocycles. The van der Waals surface area contributed by atoms with Crippen molar-refractivity contribution < 1.29 is 5.11 Å². The first-order valence-corrected chi connectivity index (χ1v) is 6.03. The fourth-order valence-corrected chi connectivity index (χ4v) is 1.84. The van der Waals surface area contributed by atoms with E-state index >= 15 is 0 Å². The van der Waals surface area contributed by atoms with Crippen molar-refractivity contribution in [1.82, 2.24) is 0 Å². The average Bonchev–Trinajstić information content (AvgIpc) is 2.21. The number of alkyl halides is 1. The second kappa shape index (κ2) is 6.44. The number of aliphatic hydroxyl groups is 1. The van der Waals surface area contributed by atoms with Gasteiger partial charge < -0.3 is 5.11 Å². The van der Waals surface area contributed by atoms with Crippen molar-refractivity contribution in [3.8, 4) is 0 Å². The zero-order valence-corrected chi connectivity index (χ0v) is 10.3. The predicted molar refractivity (Wildman–Crippen MR) is 63.9 cm³/mol. The molecule has 0 radical (unpaired) electrons. The molecule has 0 saturated heterocycles. The van der Waals surface area contributed by atoms with Gasteiger partial charge in [-0.25, -0.2) is 0 Å². The molecule has 0 aliphatic rings. The number of hydrogen-bond donors (Lipinski definition) is 1. The van der Waals surface area contributed by atoms with Crippen molar-refractivity contribution in [1.29, 1.82) is 0 Å². The Morgan fingerprint density at radius 1 is 1.29 bits per heavy atom. The van der Waals surface area contributed by atoms with Gasteiger partial charge in [0.25, 0.3) is 0 Å². The predicted octanol–water partition coefficient (Wildman–Crippen LogP) is 3.54. The van der Waals surface area contributed by atoms with E-state index in [1.54, 1.807) is 0 Å². The molecule has 0 spiro atoms. The Labute approximate surface area is 98.2 Å². The zero-order valence-electron chi connectivity index (χ0n) is 7.92. The summed E-state index contributed by atoms with van der Waals surface area (Å²) in [4.78, 5) is 0.